The van der Waals surface area contributed by atoms with E-state index < -0.39 is 6.36 Å². The molecule has 2 aromatic rings. The lowest BCUT2D eigenvalue weighted by Crippen LogP contribution is -2.52. The van der Waals surface area contributed by atoms with Crippen LogP contribution in [-0.4, -0.2) is 80.3 Å². The lowest BCUT2D eigenvalue weighted by molar-refractivity contribution is -0.274. The van der Waals surface area contributed by atoms with Crippen molar-refractivity contribution in [3.63, 3.8) is 0 Å². The fourth-order valence-electron chi connectivity index (χ4n) is 5.22. The van der Waals surface area contributed by atoms with Crippen LogP contribution >= 0.6 is 0 Å². The highest BCUT2D eigenvalue weighted by molar-refractivity contribution is 5.95. The Morgan fingerprint density at radius 1 is 0.974 bits per heavy atom. The van der Waals surface area contributed by atoms with Gasteiger partial charge >= 0.3 is 6.36 Å². The molecule has 0 unspecified atom stereocenters. The van der Waals surface area contributed by atoms with E-state index in [0.717, 1.165) is 44.5 Å². The minimum atomic E-state index is -4.76. The lowest BCUT2D eigenvalue weighted by Gasteiger charge is -2.42. The van der Waals surface area contributed by atoms with Gasteiger partial charge in [-0.25, -0.2) is 0 Å². The minimum absolute atomic E-state index is 0.0439. The first-order valence-corrected chi connectivity index (χ1v) is 13.0. The van der Waals surface area contributed by atoms with Crippen molar-refractivity contribution >= 4 is 17.5 Å². The average molecular weight is 533 g/mol. The molecular formula is C28H35F3N4O3. The second kappa shape index (κ2) is 12.1. The monoisotopic (exact) mass is 532 g/mol. The lowest BCUT2D eigenvalue weighted by atomic mass is 9.97. The zero-order chi connectivity index (χ0) is 27.3. The van der Waals surface area contributed by atoms with E-state index in [1.54, 1.807) is 11.0 Å². The van der Waals surface area contributed by atoms with Crippen LogP contribution in [0.15, 0.2) is 48.5 Å². The first-order valence-electron chi connectivity index (χ1n) is 13.0. The van der Waals surface area contributed by atoms with Gasteiger partial charge in [0.1, 0.15) is 5.75 Å². The summed E-state index contributed by atoms with van der Waals surface area (Å²) in [5.74, 6) is -0.454. The summed E-state index contributed by atoms with van der Waals surface area (Å²) in [6, 6.07) is 13.7. The summed E-state index contributed by atoms with van der Waals surface area (Å²) in [5, 5.41) is 3.18. The highest BCUT2D eigenvalue weighted by Crippen LogP contribution is 2.25. The highest BCUT2D eigenvalue weighted by Gasteiger charge is 2.32. The van der Waals surface area contributed by atoms with Crippen LogP contribution in [0.2, 0.25) is 0 Å². The Morgan fingerprint density at radius 3 is 2.32 bits per heavy atom. The van der Waals surface area contributed by atoms with Gasteiger partial charge in [-0.3, -0.25) is 9.59 Å². The van der Waals surface area contributed by atoms with Crippen molar-refractivity contribution in [2.45, 2.75) is 50.6 Å². The van der Waals surface area contributed by atoms with E-state index in [9.17, 15) is 22.8 Å². The summed E-state index contributed by atoms with van der Waals surface area (Å²) in [5.41, 5.74) is 2.15. The molecular weight excluding hydrogens is 497 g/mol. The van der Waals surface area contributed by atoms with E-state index in [4.69, 9.17) is 0 Å². The standard InChI is InChI=1S/C28H35F3N4O3/c1-33(2)24-7-4-6-21(19-24)27(37)32-22-9-13-34(14-10-22)23-11-15-35(16-12-23)26(36)18-20-5-3-8-25(17-20)38-28(29,30)31/h3-8,17,19,22-23H,9-16,18H2,1-2H3,(H,32,37). The van der Waals surface area contributed by atoms with Gasteiger partial charge < -0.3 is 24.8 Å². The molecule has 0 bridgehead atoms. The van der Waals surface area contributed by atoms with E-state index in [1.165, 1.54) is 18.2 Å². The molecule has 0 aliphatic carbocycles. The van der Waals surface area contributed by atoms with Gasteiger partial charge in [0.25, 0.3) is 5.91 Å². The van der Waals surface area contributed by atoms with Gasteiger partial charge in [-0.15, -0.1) is 13.2 Å². The van der Waals surface area contributed by atoms with Crippen LogP contribution < -0.4 is 15.0 Å². The van der Waals surface area contributed by atoms with Crippen molar-refractivity contribution in [2.75, 3.05) is 45.2 Å². The van der Waals surface area contributed by atoms with Crippen LogP contribution in [0, 0.1) is 0 Å². The highest BCUT2D eigenvalue weighted by atomic mass is 19.4. The number of amides is 2. The predicted molar refractivity (Wildman–Crippen MR) is 139 cm³/mol. The second-order valence-corrected chi connectivity index (χ2v) is 10.2. The number of ether oxygens (including phenoxy) is 1. The molecule has 2 aromatic carbocycles. The van der Waals surface area contributed by atoms with Crippen molar-refractivity contribution in [3.8, 4) is 5.75 Å². The predicted octanol–water partition coefficient (Wildman–Crippen LogP) is 4.08. The van der Waals surface area contributed by atoms with E-state index in [0.29, 0.717) is 30.3 Å². The normalized spacial score (nSPS) is 17.8. The Labute approximate surface area is 221 Å². The molecule has 2 aliphatic heterocycles. The molecule has 10 heteroatoms. The number of carbonyl (C=O) groups excluding carboxylic acids is 2. The number of nitrogens with zero attached hydrogens (tertiary/aromatic N) is 3. The molecule has 4 rings (SSSR count). The van der Waals surface area contributed by atoms with Crippen LogP contribution in [-0.2, 0) is 11.2 Å². The van der Waals surface area contributed by atoms with Crippen molar-refractivity contribution in [2.24, 2.45) is 0 Å². The van der Waals surface area contributed by atoms with Gasteiger partial charge in [-0.05, 0) is 61.6 Å². The number of piperidine rings is 2. The first-order chi connectivity index (χ1) is 18.1. The summed E-state index contributed by atoms with van der Waals surface area (Å²) in [7, 11) is 3.90. The van der Waals surface area contributed by atoms with Crippen LogP contribution in [0.4, 0.5) is 18.9 Å². The number of benzene rings is 2. The van der Waals surface area contributed by atoms with Crippen molar-refractivity contribution in [1.82, 2.24) is 15.1 Å². The number of halogens is 3. The molecule has 0 atom stereocenters. The third-order valence-electron chi connectivity index (χ3n) is 7.31. The molecule has 0 radical (unpaired) electrons. The largest absolute Gasteiger partial charge is 0.573 e. The molecule has 2 amide bonds. The molecule has 1 N–H and O–H groups in total. The first kappa shape index (κ1) is 27.8. The smallest absolute Gasteiger partial charge is 0.406 e. The molecule has 0 spiro atoms. The Hall–Kier alpha value is -3.27. The number of likely N-dealkylation sites (tertiary alicyclic amines) is 2. The molecule has 0 aromatic heterocycles. The maximum atomic E-state index is 12.8. The van der Waals surface area contributed by atoms with Gasteiger partial charge in [0.05, 0.1) is 6.42 Å². The van der Waals surface area contributed by atoms with Crippen LogP contribution in [0.1, 0.15) is 41.6 Å². The number of carbonyl (C=O) groups is 2. The average Bonchev–Trinajstić information content (AvgIpc) is 2.88. The Balaban J connectivity index is 1.20. The van der Waals surface area contributed by atoms with Gasteiger partial charge in [0, 0.05) is 63.6 Å². The summed E-state index contributed by atoms with van der Waals surface area (Å²) in [6.45, 7) is 3.04. The molecule has 2 saturated heterocycles. The van der Waals surface area contributed by atoms with Crippen LogP contribution in [0.25, 0.3) is 0 Å². The maximum absolute atomic E-state index is 12.8. The molecule has 0 saturated carbocycles. The summed E-state index contributed by atoms with van der Waals surface area (Å²) in [6.07, 6.45) is -1.23. The second-order valence-electron chi connectivity index (χ2n) is 10.2. The molecule has 2 fully saturated rings. The summed E-state index contributed by atoms with van der Waals surface area (Å²) in [4.78, 5) is 31.7. The number of hydrogen-bond acceptors (Lipinski definition) is 5. The number of rotatable bonds is 7. The number of anilines is 1. The SMILES string of the molecule is CN(C)c1cccc(C(=O)NC2CCN(C3CCN(C(=O)Cc4cccc(OC(F)(F)F)c4)CC3)CC2)c1. The van der Waals surface area contributed by atoms with E-state index in [2.05, 4.69) is 15.0 Å². The van der Waals surface area contributed by atoms with Gasteiger partial charge in [0.15, 0.2) is 0 Å². The third-order valence-corrected chi connectivity index (χ3v) is 7.31. The molecule has 2 heterocycles. The maximum Gasteiger partial charge on any atom is 0.573 e. The van der Waals surface area contributed by atoms with Gasteiger partial charge in [0.2, 0.25) is 5.91 Å². The Bertz CT molecular complexity index is 1110. The van der Waals surface area contributed by atoms with E-state index in [-0.39, 0.29) is 30.0 Å². The topological polar surface area (TPSA) is 65.1 Å². The van der Waals surface area contributed by atoms with Gasteiger partial charge in [-0.2, -0.15) is 0 Å². The Morgan fingerprint density at radius 2 is 1.66 bits per heavy atom. The van der Waals surface area contributed by atoms with Crippen LogP contribution in [0.3, 0.4) is 0 Å². The fourth-order valence-corrected chi connectivity index (χ4v) is 5.22. The zero-order valence-electron chi connectivity index (χ0n) is 21.8. The van der Waals surface area contributed by atoms with Crippen molar-refractivity contribution < 1.29 is 27.5 Å². The van der Waals surface area contributed by atoms with E-state index >= 15 is 0 Å². The Kier molecular flexibility index (Phi) is 8.81. The summed E-state index contributed by atoms with van der Waals surface area (Å²) >= 11 is 0. The number of nitrogens with one attached hydrogen (secondary N) is 1. The molecule has 206 valence electrons. The van der Waals surface area contributed by atoms with Crippen molar-refractivity contribution in [3.05, 3.63) is 59.7 Å². The van der Waals surface area contributed by atoms with Crippen LogP contribution in [0.5, 0.6) is 5.75 Å². The molecule has 7 nitrogen and oxygen atoms in total. The summed E-state index contributed by atoms with van der Waals surface area (Å²) < 4.78 is 41.4. The third kappa shape index (κ3) is 7.63. The number of alkyl halides is 3. The van der Waals surface area contributed by atoms with Gasteiger partial charge in [-0.1, -0.05) is 18.2 Å². The minimum Gasteiger partial charge on any atom is -0.406 e. The zero-order valence-corrected chi connectivity index (χ0v) is 21.8. The fraction of sp³-hybridized carbons (Fsp3) is 0.500. The molecule has 38 heavy (non-hydrogen) atoms. The number of hydrogen-bond donors (Lipinski definition) is 1. The molecule has 2 aliphatic rings. The van der Waals surface area contributed by atoms with E-state index in [1.807, 2.05) is 43.3 Å². The van der Waals surface area contributed by atoms with Crippen molar-refractivity contribution in [1.29, 1.82) is 0 Å². The quantitative estimate of drug-likeness (QED) is 0.582.